The van der Waals surface area contributed by atoms with Gasteiger partial charge in [-0.05, 0) is 42.6 Å². The average molecular weight is 533 g/mol. The molecule has 196 valence electrons. The Morgan fingerprint density at radius 3 is 2.55 bits per heavy atom. The molecule has 5 rings (SSSR count). The molecule has 0 bridgehead atoms. The van der Waals surface area contributed by atoms with Crippen molar-refractivity contribution in [3.05, 3.63) is 70.9 Å². The normalized spacial score (nSPS) is 14.3. The second-order valence-electron chi connectivity index (χ2n) is 9.17. The van der Waals surface area contributed by atoms with Crippen LogP contribution in [0.1, 0.15) is 57.4 Å². The van der Waals surface area contributed by atoms with Crippen molar-refractivity contribution in [1.29, 1.82) is 0 Å². The number of H-pyrrole nitrogens is 1. The van der Waals surface area contributed by atoms with Gasteiger partial charge in [0.1, 0.15) is 16.7 Å². The summed E-state index contributed by atoms with van der Waals surface area (Å²) in [4.78, 5) is 44.8. The zero-order valence-electron chi connectivity index (χ0n) is 20.8. The number of amides is 3. The number of nitrogen functional groups attached to an aromatic ring is 1. The van der Waals surface area contributed by atoms with Crippen LogP contribution in [0.4, 0.5) is 11.4 Å². The van der Waals surface area contributed by atoms with Crippen molar-refractivity contribution in [3.8, 4) is 5.75 Å². The van der Waals surface area contributed by atoms with E-state index in [4.69, 9.17) is 16.2 Å². The number of methoxy groups -OCH3 is 1. The van der Waals surface area contributed by atoms with Gasteiger partial charge < -0.3 is 26.5 Å². The molecule has 3 amide bonds. The lowest BCUT2D eigenvalue weighted by molar-refractivity contribution is -0.123. The number of aromatic amines is 1. The first-order valence-electron chi connectivity index (χ1n) is 12.3. The number of hydrogen-bond donors (Lipinski definition) is 4. The van der Waals surface area contributed by atoms with Gasteiger partial charge in [0.05, 0.1) is 18.5 Å². The number of benzene rings is 2. The molecule has 2 heterocycles. The molecule has 1 unspecified atom stereocenters. The molecule has 2 aromatic carbocycles. The molecule has 1 aliphatic carbocycles. The Balaban J connectivity index is 1.71. The lowest BCUT2D eigenvalue weighted by Gasteiger charge is -2.32. The molecule has 1 atom stereocenters. The summed E-state index contributed by atoms with van der Waals surface area (Å²) < 4.78 is 9.61. The number of rotatable bonds is 8. The fourth-order valence-electron chi connectivity index (χ4n) is 5.00. The number of fused-ring (bicyclic) bond motifs is 1. The maximum Gasteiger partial charge on any atom is 0.273 e. The molecule has 11 heteroatoms. The summed E-state index contributed by atoms with van der Waals surface area (Å²) in [5, 5.41) is 3.95. The molecule has 6 N–H and O–H groups in total. The Bertz CT molecular complexity index is 1510. The number of nitrogens with two attached hydrogens (primary N) is 2. The van der Waals surface area contributed by atoms with Gasteiger partial charge in [0.25, 0.3) is 11.8 Å². The summed E-state index contributed by atoms with van der Waals surface area (Å²) in [7, 11) is 1.49. The highest BCUT2D eigenvalue weighted by Crippen LogP contribution is 2.40. The number of nitrogens with one attached hydrogen (secondary N) is 2. The Morgan fingerprint density at radius 2 is 1.84 bits per heavy atom. The first-order chi connectivity index (χ1) is 18.4. The summed E-state index contributed by atoms with van der Waals surface area (Å²) in [5.41, 5.74) is 13.1. The highest BCUT2D eigenvalue weighted by Gasteiger charge is 2.39. The largest absolute Gasteiger partial charge is 0.495 e. The van der Waals surface area contributed by atoms with Gasteiger partial charge in [-0.3, -0.25) is 19.3 Å². The van der Waals surface area contributed by atoms with Gasteiger partial charge in [0, 0.05) is 28.7 Å². The quantitative estimate of drug-likeness (QED) is 0.271. The first kappa shape index (κ1) is 25.3. The monoisotopic (exact) mass is 532 g/mol. The van der Waals surface area contributed by atoms with Gasteiger partial charge >= 0.3 is 0 Å². The molecule has 0 saturated heterocycles. The van der Waals surface area contributed by atoms with E-state index < -0.39 is 17.9 Å². The van der Waals surface area contributed by atoms with Gasteiger partial charge in [0.2, 0.25) is 5.91 Å². The molecule has 1 fully saturated rings. The van der Waals surface area contributed by atoms with E-state index in [0.29, 0.717) is 17.0 Å². The second-order valence-corrected chi connectivity index (χ2v) is 9.94. The van der Waals surface area contributed by atoms with Crippen molar-refractivity contribution in [2.45, 2.75) is 37.8 Å². The lowest BCUT2D eigenvalue weighted by atomic mass is 10.0. The van der Waals surface area contributed by atoms with Crippen LogP contribution in [0.2, 0.25) is 0 Å². The molecular weight excluding hydrogens is 504 g/mol. The molecule has 0 aliphatic heterocycles. The molecule has 2 aromatic heterocycles. The Hall–Kier alpha value is -4.38. The summed E-state index contributed by atoms with van der Waals surface area (Å²) >= 11 is 0.765. The van der Waals surface area contributed by atoms with Crippen molar-refractivity contribution >= 4 is 51.5 Å². The van der Waals surface area contributed by atoms with E-state index in [0.717, 1.165) is 48.1 Å². The van der Waals surface area contributed by atoms with Crippen LogP contribution in [0, 0.1) is 0 Å². The standard InChI is InChI=1S/C27H28N6O4S/c1-37-20-13-7-6-12-19(20)33(27(36)24-21(28)22(25(29)34)32-38-24)23(26(35)31-15-8-2-3-9-15)17-14-30-18-11-5-4-10-16(17)18/h4-7,10-15,23,30H,2-3,8-9,28H2,1H3,(H2,29,34)(H,31,35). The van der Waals surface area contributed by atoms with Crippen molar-refractivity contribution in [1.82, 2.24) is 14.7 Å². The van der Waals surface area contributed by atoms with E-state index in [1.807, 2.05) is 24.3 Å². The number of para-hydroxylation sites is 3. The summed E-state index contributed by atoms with van der Waals surface area (Å²) in [6, 6.07) is 13.4. The minimum absolute atomic E-state index is 0.00298. The maximum absolute atomic E-state index is 14.3. The van der Waals surface area contributed by atoms with E-state index in [1.165, 1.54) is 12.0 Å². The predicted molar refractivity (Wildman–Crippen MR) is 146 cm³/mol. The number of aromatic nitrogens is 2. The minimum atomic E-state index is -1.09. The van der Waals surface area contributed by atoms with Gasteiger partial charge in [-0.1, -0.05) is 43.2 Å². The molecule has 1 aliphatic rings. The topological polar surface area (TPSA) is 156 Å². The van der Waals surface area contributed by atoms with E-state index in [9.17, 15) is 14.4 Å². The zero-order valence-corrected chi connectivity index (χ0v) is 21.6. The molecule has 0 spiro atoms. The fourth-order valence-corrected chi connectivity index (χ4v) is 5.74. The van der Waals surface area contributed by atoms with Gasteiger partial charge in [0.15, 0.2) is 5.69 Å². The van der Waals surface area contributed by atoms with Crippen LogP contribution in [0.25, 0.3) is 10.9 Å². The number of hydrogen-bond acceptors (Lipinski definition) is 7. The van der Waals surface area contributed by atoms with Crippen molar-refractivity contribution in [3.63, 3.8) is 0 Å². The molecule has 4 aromatic rings. The van der Waals surface area contributed by atoms with E-state index in [-0.39, 0.29) is 28.2 Å². The predicted octanol–water partition coefficient (Wildman–Crippen LogP) is 3.76. The van der Waals surface area contributed by atoms with Crippen LogP contribution in [0.3, 0.4) is 0 Å². The van der Waals surface area contributed by atoms with Crippen LogP contribution < -0.4 is 26.4 Å². The Kier molecular flexibility index (Phi) is 7.01. The van der Waals surface area contributed by atoms with Crippen LogP contribution in [0.15, 0.2) is 54.7 Å². The first-order valence-corrected chi connectivity index (χ1v) is 13.1. The van der Waals surface area contributed by atoms with Gasteiger partial charge in [-0.2, -0.15) is 4.37 Å². The van der Waals surface area contributed by atoms with E-state index in [2.05, 4.69) is 14.7 Å². The molecule has 10 nitrogen and oxygen atoms in total. The van der Waals surface area contributed by atoms with Crippen LogP contribution in [0.5, 0.6) is 5.75 Å². The Labute approximate surface area is 223 Å². The minimum Gasteiger partial charge on any atom is -0.495 e. The van der Waals surface area contributed by atoms with Gasteiger partial charge in [-0.25, -0.2) is 0 Å². The number of ether oxygens (including phenoxy) is 1. The average Bonchev–Trinajstić information content (AvgIpc) is 3.67. The van der Waals surface area contributed by atoms with Crippen molar-refractivity contribution in [2.24, 2.45) is 5.73 Å². The number of anilines is 2. The Morgan fingerprint density at radius 1 is 1.13 bits per heavy atom. The van der Waals surface area contributed by atoms with Crippen LogP contribution >= 0.6 is 11.5 Å². The highest BCUT2D eigenvalue weighted by atomic mass is 32.1. The lowest BCUT2D eigenvalue weighted by Crippen LogP contribution is -2.46. The molecule has 0 radical (unpaired) electrons. The third kappa shape index (κ3) is 4.56. The van der Waals surface area contributed by atoms with E-state index in [1.54, 1.807) is 30.5 Å². The third-order valence-corrected chi connectivity index (χ3v) is 7.69. The SMILES string of the molecule is COc1ccccc1N(C(=O)c1snc(C(N)=O)c1N)C(C(=O)NC1CCCC1)c1c[nH]c2ccccc12. The number of primary amides is 1. The fraction of sp³-hybridized carbons (Fsp3) is 0.259. The number of carbonyl (C=O) groups excluding carboxylic acids is 3. The number of nitrogens with zero attached hydrogens (tertiary/aromatic N) is 2. The zero-order chi connectivity index (χ0) is 26.8. The van der Waals surface area contributed by atoms with Gasteiger partial charge in [-0.15, -0.1) is 0 Å². The number of carbonyl (C=O) groups is 3. The highest BCUT2D eigenvalue weighted by molar-refractivity contribution is 7.09. The molecular formula is C27H28N6O4S. The molecule has 1 saturated carbocycles. The smallest absolute Gasteiger partial charge is 0.273 e. The second kappa shape index (κ2) is 10.5. The summed E-state index contributed by atoms with van der Waals surface area (Å²) in [6.45, 7) is 0. The summed E-state index contributed by atoms with van der Waals surface area (Å²) in [5.74, 6) is -1.39. The molecule has 38 heavy (non-hydrogen) atoms. The van der Waals surface area contributed by atoms with Crippen molar-refractivity contribution in [2.75, 3.05) is 17.7 Å². The maximum atomic E-state index is 14.3. The summed E-state index contributed by atoms with van der Waals surface area (Å²) in [6.07, 6.45) is 5.55. The third-order valence-electron chi connectivity index (χ3n) is 6.84. The van der Waals surface area contributed by atoms with E-state index >= 15 is 0 Å². The van der Waals surface area contributed by atoms with Crippen LogP contribution in [-0.2, 0) is 4.79 Å². The van der Waals surface area contributed by atoms with Crippen LogP contribution in [-0.4, -0.2) is 40.2 Å². The van der Waals surface area contributed by atoms with Crippen molar-refractivity contribution < 1.29 is 19.1 Å².